The standard InChI is InChI=1S/C12H15BrIN3O2/c1-2-17(6-5-11(15)16-19)12(18)9-7-8(13)3-4-10(9)14/h3-4,7,19H,2,5-6H2,1H3,(H2,15,16). The normalized spacial score (nSPS) is 11.4. The molecule has 19 heavy (non-hydrogen) atoms. The Morgan fingerprint density at radius 1 is 1.58 bits per heavy atom. The Kier molecular flexibility index (Phi) is 6.56. The fourth-order valence-electron chi connectivity index (χ4n) is 1.53. The number of benzene rings is 1. The Labute approximate surface area is 134 Å². The SMILES string of the molecule is CCN(CC/C(N)=N/O)C(=O)c1cc(Br)ccc1I. The summed E-state index contributed by atoms with van der Waals surface area (Å²) in [7, 11) is 0. The van der Waals surface area contributed by atoms with Gasteiger partial charge < -0.3 is 15.8 Å². The van der Waals surface area contributed by atoms with Crippen LogP contribution < -0.4 is 5.73 Å². The van der Waals surface area contributed by atoms with E-state index in [1.54, 1.807) is 11.0 Å². The molecule has 0 heterocycles. The Bertz CT molecular complexity index is 494. The predicted octanol–water partition coefficient (Wildman–Crippen LogP) is 2.65. The van der Waals surface area contributed by atoms with E-state index in [9.17, 15) is 4.79 Å². The lowest BCUT2D eigenvalue weighted by Crippen LogP contribution is -2.34. The smallest absolute Gasteiger partial charge is 0.254 e. The number of rotatable bonds is 5. The molecule has 0 atom stereocenters. The van der Waals surface area contributed by atoms with E-state index in [0.29, 0.717) is 25.1 Å². The average molecular weight is 440 g/mol. The second-order valence-electron chi connectivity index (χ2n) is 3.85. The van der Waals surface area contributed by atoms with Gasteiger partial charge in [-0.25, -0.2) is 0 Å². The summed E-state index contributed by atoms with van der Waals surface area (Å²) in [6.45, 7) is 2.89. The number of hydrogen-bond donors (Lipinski definition) is 2. The molecule has 0 spiro atoms. The third kappa shape index (κ3) is 4.64. The molecule has 0 saturated heterocycles. The van der Waals surface area contributed by atoms with Crippen LogP contribution in [0.4, 0.5) is 0 Å². The van der Waals surface area contributed by atoms with E-state index < -0.39 is 0 Å². The van der Waals surface area contributed by atoms with Crippen LogP contribution in [0.3, 0.4) is 0 Å². The van der Waals surface area contributed by atoms with E-state index >= 15 is 0 Å². The van der Waals surface area contributed by atoms with Gasteiger partial charge in [0.2, 0.25) is 0 Å². The first-order chi connectivity index (χ1) is 8.99. The zero-order chi connectivity index (χ0) is 14.4. The molecule has 1 aromatic rings. The Balaban J connectivity index is 2.86. The van der Waals surface area contributed by atoms with Crippen molar-refractivity contribution >= 4 is 50.3 Å². The van der Waals surface area contributed by atoms with Gasteiger partial charge in [0, 0.05) is 27.6 Å². The zero-order valence-corrected chi connectivity index (χ0v) is 14.2. The van der Waals surface area contributed by atoms with Gasteiger partial charge in [0.1, 0.15) is 5.84 Å². The number of hydrogen-bond acceptors (Lipinski definition) is 3. The number of carbonyl (C=O) groups is 1. The molecule has 1 aromatic carbocycles. The number of carbonyl (C=O) groups excluding carboxylic acids is 1. The van der Waals surface area contributed by atoms with Gasteiger partial charge in [-0.2, -0.15) is 0 Å². The van der Waals surface area contributed by atoms with Gasteiger partial charge in [-0.15, -0.1) is 0 Å². The zero-order valence-electron chi connectivity index (χ0n) is 10.4. The number of nitrogens with zero attached hydrogens (tertiary/aromatic N) is 2. The van der Waals surface area contributed by atoms with Gasteiger partial charge in [0.25, 0.3) is 5.91 Å². The molecular weight excluding hydrogens is 425 g/mol. The van der Waals surface area contributed by atoms with E-state index in [4.69, 9.17) is 10.9 Å². The molecule has 5 nitrogen and oxygen atoms in total. The highest BCUT2D eigenvalue weighted by atomic mass is 127. The third-order valence-corrected chi connectivity index (χ3v) is 4.03. The van der Waals surface area contributed by atoms with Crippen LogP contribution in [0, 0.1) is 3.57 Å². The van der Waals surface area contributed by atoms with Crippen molar-refractivity contribution in [3.05, 3.63) is 31.8 Å². The van der Waals surface area contributed by atoms with Gasteiger partial charge in [0.05, 0.1) is 5.56 Å². The van der Waals surface area contributed by atoms with Crippen LogP contribution in [0.15, 0.2) is 27.8 Å². The van der Waals surface area contributed by atoms with Crippen LogP contribution in [0.2, 0.25) is 0 Å². The van der Waals surface area contributed by atoms with Crippen LogP contribution in [0.5, 0.6) is 0 Å². The monoisotopic (exact) mass is 439 g/mol. The maximum absolute atomic E-state index is 12.4. The molecule has 0 aliphatic carbocycles. The Morgan fingerprint density at radius 3 is 2.84 bits per heavy atom. The fourth-order valence-corrected chi connectivity index (χ4v) is 2.46. The number of amidine groups is 1. The molecule has 0 bridgehead atoms. The summed E-state index contributed by atoms with van der Waals surface area (Å²) in [5.41, 5.74) is 6.07. The molecule has 1 amide bonds. The summed E-state index contributed by atoms with van der Waals surface area (Å²) < 4.78 is 1.76. The topological polar surface area (TPSA) is 78.9 Å². The summed E-state index contributed by atoms with van der Waals surface area (Å²) >= 11 is 5.50. The van der Waals surface area contributed by atoms with Crippen LogP contribution in [-0.4, -0.2) is 34.9 Å². The van der Waals surface area contributed by atoms with Crippen LogP contribution in [0.1, 0.15) is 23.7 Å². The molecule has 0 aromatic heterocycles. The highest BCUT2D eigenvalue weighted by molar-refractivity contribution is 14.1. The van der Waals surface area contributed by atoms with Gasteiger partial charge in [-0.05, 0) is 47.7 Å². The molecule has 1 rings (SSSR count). The fraction of sp³-hybridized carbons (Fsp3) is 0.333. The van der Waals surface area contributed by atoms with Gasteiger partial charge in [0.15, 0.2) is 0 Å². The Morgan fingerprint density at radius 2 is 2.26 bits per heavy atom. The second kappa shape index (κ2) is 7.68. The molecular formula is C12H15BrIN3O2. The minimum absolute atomic E-state index is 0.0565. The van der Waals surface area contributed by atoms with Gasteiger partial charge >= 0.3 is 0 Å². The Hall–Kier alpha value is -0.830. The van der Waals surface area contributed by atoms with E-state index in [1.165, 1.54) is 0 Å². The molecule has 0 aliphatic heterocycles. The quantitative estimate of drug-likeness (QED) is 0.243. The molecule has 0 unspecified atom stereocenters. The van der Waals surface area contributed by atoms with Gasteiger partial charge in [-0.3, -0.25) is 4.79 Å². The maximum atomic E-state index is 12.4. The average Bonchev–Trinajstić information content (AvgIpc) is 2.41. The molecule has 0 aliphatic rings. The van der Waals surface area contributed by atoms with Crippen LogP contribution in [0.25, 0.3) is 0 Å². The molecule has 0 saturated carbocycles. The van der Waals surface area contributed by atoms with Crippen molar-refractivity contribution in [2.45, 2.75) is 13.3 Å². The third-order valence-electron chi connectivity index (χ3n) is 2.59. The number of nitrogens with two attached hydrogens (primary N) is 1. The van der Waals surface area contributed by atoms with Gasteiger partial charge in [-0.1, -0.05) is 21.1 Å². The first-order valence-electron chi connectivity index (χ1n) is 5.70. The van der Waals surface area contributed by atoms with Crippen molar-refractivity contribution < 1.29 is 10.0 Å². The van der Waals surface area contributed by atoms with E-state index in [-0.39, 0.29) is 11.7 Å². The summed E-state index contributed by atoms with van der Waals surface area (Å²) in [5.74, 6) is 0.0640. The lowest BCUT2D eigenvalue weighted by Gasteiger charge is -2.21. The molecule has 7 heteroatoms. The number of halogens is 2. The molecule has 104 valence electrons. The van der Waals surface area contributed by atoms with E-state index in [0.717, 1.165) is 8.04 Å². The van der Waals surface area contributed by atoms with Crippen LogP contribution >= 0.6 is 38.5 Å². The van der Waals surface area contributed by atoms with E-state index in [1.807, 2.05) is 19.1 Å². The minimum Gasteiger partial charge on any atom is -0.409 e. The van der Waals surface area contributed by atoms with Crippen molar-refractivity contribution in [2.75, 3.05) is 13.1 Å². The van der Waals surface area contributed by atoms with E-state index in [2.05, 4.69) is 43.7 Å². The first kappa shape index (κ1) is 16.2. The molecule has 0 fully saturated rings. The maximum Gasteiger partial charge on any atom is 0.254 e. The van der Waals surface area contributed by atoms with Crippen molar-refractivity contribution in [1.82, 2.24) is 4.90 Å². The van der Waals surface area contributed by atoms with Crippen molar-refractivity contribution in [1.29, 1.82) is 0 Å². The summed E-state index contributed by atoms with van der Waals surface area (Å²) in [5, 5.41) is 11.4. The first-order valence-corrected chi connectivity index (χ1v) is 7.57. The van der Waals surface area contributed by atoms with Crippen molar-refractivity contribution in [3.8, 4) is 0 Å². The molecule has 3 N–H and O–H groups in total. The highest BCUT2D eigenvalue weighted by Gasteiger charge is 2.17. The largest absolute Gasteiger partial charge is 0.409 e. The lowest BCUT2D eigenvalue weighted by molar-refractivity contribution is 0.0767. The molecule has 0 radical (unpaired) electrons. The number of oxime groups is 1. The summed E-state index contributed by atoms with van der Waals surface area (Å²) in [4.78, 5) is 14.1. The highest BCUT2D eigenvalue weighted by Crippen LogP contribution is 2.20. The van der Waals surface area contributed by atoms with Crippen molar-refractivity contribution in [3.63, 3.8) is 0 Å². The predicted molar refractivity (Wildman–Crippen MR) is 86.5 cm³/mol. The minimum atomic E-state index is -0.0565. The number of amides is 1. The van der Waals surface area contributed by atoms with Crippen LogP contribution in [-0.2, 0) is 0 Å². The summed E-state index contributed by atoms with van der Waals surface area (Å²) in [6, 6.07) is 5.58. The summed E-state index contributed by atoms with van der Waals surface area (Å²) in [6.07, 6.45) is 0.348. The van der Waals surface area contributed by atoms with Crippen molar-refractivity contribution in [2.24, 2.45) is 10.9 Å². The second-order valence-corrected chi connectivity index (χ2v) is 5.93. The lowest BCUT2D eigenvalue weighted by atomic mass is 10.2.